The molecule has 2 aromatic rings. The van der Waals surface area contributed by atoms with E-state index in [1.165, 1.54) is 29.2 Å². The third kappa shape index (κ3) is 4.72. The SMILES string of the molecule is CNC(=O)CSc1nnc(N2CCN(C(=O)c3ccc(F)c(F)c3)CC2)s1. The molecule has 0 radical (unpaired) electrons. The second kappa shape index (κ2) is 8.61. The molecule has 2 amide bonds. The first-order chi connectivity index (χ1) is 13.0. The van der Waals surface area contributed by atoms with Crippen molar-refractivity contribution in [2.24, 2.45) is 0 Å². The average molecular weight is 413 g/mol. The van der Waals surface area contributed by atoms with E-state index in [4.69, 9.17) is 0 Å². The van der Waals surface area contributed by atoms with E-state index in [9.17, 15) is 18.4 Å². The van der Waals surface area contributed by atoms with Gasteiger partial charge in [0, 0.05) is 38.8 Å². The number of anilines is 1. The van der Waals surface area contributed by atoms with Crippen molar-refractivity contribution >= 4 is 40.0 Å². The number of halogens is 2. The molecule has 11 heteroatoms. The molecule has 1 N–H and O–H groups in total. The fourth-order valence-corrected chi connectivity index (χ4v) is 4.27. The lowest BCUT2D eigenvalue weighted by Crippen LogP contribution is -2.48. The predicted octanol–water partition coefficient (Wildman–Crippen LogP) is 1.62. The van der Waals surface area contributed by atoms with E-state index in [1.54, 1.807) is 11.9 Å². The van der Waals surface area contributed by atoms with E-state index in [-0.39, 0.29) is 23.1 Å². The van der Waals surface area contributed by atoms with E-state index in [1.807, 2.05) is 4.90 Å². The van der Waals surface area contributed by atoms with Gasteiger partial charge in [-0.05, 0) is 18.2 Å². The molecule has 0 atom stereocenters. The summed E-state index contributed by atoms with van der Waals surface area (Å²) in [4.78, 5) is 27.3. The molecular formula is C16H17F2N5O2S2. The summed E-state index contributed by atoms with van der Waals surface area (Å²) in [6.45, 7) is 2.00. The maximum Gasteiger partial charge on any atom is 0.254 e. The third-order valence-electron chi connectivity index (χ3n) is 4.01. The van der Waals surface area contributed by atoms with E-state index in [0.29, 0.717) is 30.5 Å². The minimum atomic E-state index is -1.03. The summed E-state index contributed by atoms with van der Waals surface area (Å²) >= 11 is 2.71. The highest BCUT2D eigenvalue weighted by Gasteiger charge is 2.24. The Balaban J connectivity index is 1.55. The Kier molecular flexibility index (Phi) is 6.22. The van der Waals surface area contributed by atoms with Gasteiger partial charge in [0.25, 0.3) is 5.91 Å². The summed E-state index contributed by atoms with van der Waals surface area (Å²) in [5.41, 5.74) is 0.131. The van der Waals surface area contributed by atoms with E-state index in [0.717, 1.165) is 17.3 Å². The highest BCUT2D eigenvalue weighted by Crippen LogP contribution is 2.28. The number of thioether (sulfide) groups is 1. The standard InChI is InChI=1S/C16H17F2N5O2S2/c1-19-13(24)9-26-16-21-20-15(27-16)23-6-4-22(5-7-23)14(25)10-2-3-11(17)12(18)8-10/h2-3,8H,4-7,9H2,1H3,(H,19,24). The van der Waals surface area contributed by atoms with Crippen LogP contribution in [0.2, 0.25) is 0 Å². The lowest BCUT2D eigenvalue weighted by Gasteiger charge is -2.34. The van der Waals surface area contributed by atoms with Crippen molar-refractivity contribution in [3.63, 3.8) is 0 Å². The lowest BCUT2D eigenvalue weighted by molar-refractivity contribution is -0.118. The van der Waals surface area contributed by atoms with Gasteiger partial charge in [-0.2, -0.15) is 0 Å². The predicted molar refractivity (Wildman–Crippen MR) is 99.2 cm³/mol. The van der Waals surface area contributed by atoms with Gasteiger partial charge in [0.1, 0.15) is 0 Å². The number of carbonyl (C=O) groups excluding carboxylic acids is 2. The van der Waals surface area contributed by atoms with Crippen LogP contribution >= 0.6 is 23.1 Å². The van der Waals surface area contributed by atoms with Crippen LogP contribution < -0.4 is 10.2 Å². The second-order valence-electron chi connectivity index (χ2n) is 5.72. The number of carbonyl (C=O) groups is 2. The number of benzene rings is 1. The highest BCUT2D eigenvalue weighted by molar-refractivity contribution is 8.01. The van der Waals surface area contributed by atoms with Crippen molar-refractivity contribution in [2.45, 2.75) is 4.34 Å². The van der Waals surface area contributed by atoms with Crippen LogP contribution in [0, 0.1) is 11.6 Å². The molecule has 2 heterocycles. The fraction of sp³-hybridized carbons (Fsp3) is 0.375. The molecule has 144 valence electrons. The summed E-state index contributed by atoms with van der Waals surface area (Å²) in [5.74, 6) is -2.14. The summed E-state index contributed by atoms with van der Waals surface area (Å²) in [7, 11) is 1.58. The number of nitrogens with zero attached hydrogens (tertiary/aromatic N) is 4. The number of aromatic nitrogens is 2. The van der Waals surface area contributed by atoms with E-state index >= 15 is 0 Å². The van der Waals surface area contributed by atoms with Crippen molar-refractivity contribution in [2.75, 3.05) is 43.9 Å². The van der Waals surface area contributed by atoms with Gasteiger partial charge in [0.05, 0.1) is 5.75 Å². The second-order valence-corrected chi connectivity index (χ2v) is 7.90. The molecule has 0 spiro atoms. The van der Waals surface area contributed by atoms with Gasteiger partial charge in [-0.1, -0.05) is 23.1 Å². The largest absolute Gasteiger partial charge is 0.358 e. The molecule has 0 aliphatic carbocycles. The Morgan fingerprint density at radius 3 is 2.59 bits per heavy atom. The van der Waals surface area contributed by atoms with Crippen LogP contribution in [0.3, 0.4) is 0 Å². The van der Waals surface area contributed by atoms with Gasteiger partial charge in [0.15, 0.2) is 16.0 Å². The maximum atomic E-state index is 13.3. The molecule has 1 fully saturated rings. The van der Waals surface area contributed by atoms with E-state index in [2.05, 4.69) is 15.5 Å². The molecule has 0 saturated carbocycles. The number of hydrogen-bond donors (Lipinski definition) is 1. The van der Waals surface area contributed by atoms with Gasteiger partial charge in [-0.3, -0.25) is 9.59 Å². The van der Waals surface area contributed by atoms with Gasteiger partial charge in [-0.15, -0.1) is 10.2 Å². The van der Waals surface area contributed by atoms with Crippen molar-refractivity contribution in [1.29, 1.82) is 0 Å². The number of amides is 2. The van der Waals surface area contributed by atoms with Gasteiger partial charge >= 0.3 is 0 Å². The monoisotopic (exact) mass is 413 g/mol. The fourth-order valence-electron chi connectivity index (χ4n) is 2.50. The Morgan fingerprint density at radius 2 is 1.93 bits per heavy atom. The van der Waals surface area contributed by atoms with Crippen molar-refractivity contribution < 1.29 is 18.4 Å². The molecule has 27 heavy (non-hydrogen) atoms. The number of rotatable bonds is 5. The summed E-state index contributed by atoms with van der Waals surface area (Å²) in [6.07, 6.45) is 0. The summed E-state index contributed by atoms with van der Waals surface area (Å²) in [6, 6.07) is 3.16. The number of piperazine rings is 1. The van der Waals surface area contributed by atoms with Crippen LogP contribution in [0.15, 0.2) is 22.5 Å². The van der Waals surface area contributed by atoms with Crippen LogP contribution in [0.25, 0.3) is 0 Å². The van der Waals surface area contributed by atoms with E-state index < -0.39 is 11.6 Å². The van der Waals surface area contributed by atoms with Gasteiger partial charge < -0.3 is 15.1 Å². The average Bonchev–Trinajstić information content (AvgIpc) is 3.17. The molecule has 0 bridgehead atoms. The Hall–Kier alpha value is -2.27. The smallest absolute Gasteiger partial charge is 0.254 e. The Bertz CT molecular complexity index is 840. The molecular weight excluding hydrogens is 396 g/mol. The minimum absolute atomic E-state index is 0.0823. The summed E-state index contributed by atoms with van der Waals surface area (Å²) < 4.78 is 27.1. The molecule has 1 aromatic carbocycles. The van der Waals surface area contributed by atoms with Crippen molar-refractivity contribution in [3.05, 3.63) is 35.4 Å². The van der Waals surface area contributed by atoms with Crippen molar-refractivity contribution in [1.82, 2.24) is 20.4 Å². The van der Waals surface area contributed by atoms with Crippen LogP contribution in [-0.4, -0.2) is 65.9 Å². The molecule has 1 aromatic heterocycles. The van der Waals surface area contributed by atoms with Gasteiger partial charge in [-0.25, -0.2) is 8.78 Å². The highest BCUT2D eigenvalue weighted by atomic mass is 32.2. The lowest BCUT2D eigenvalue weighted by atomic mass is 10.1. The zero-order valence-electron chi connectivity index (χ0n) is 14.4. The molecule has 1 aliphatic heterocycles. The molecule has 0 unspecified atom stereocenters. The van der Waals surface area contributed by atoms with Gasteiger partial charge in [0.2, 0.25) is 11.0 Å². The van der Waals surface area contributed by atoms with Crippen LogP contribution in [0.4, 0.5) is 13.9 Å². The van der Waals surface area contributed by atoms with Crippen LogP contribution in [0.1, 0.15) is 10.4 Å². The van der Waals surface area contributed by atoms with Crippen molar-refractivity contribution in [3.8, 4) is 0 Å². The molecule has 1 saturated heterocycles. The maximum absolute atomic E-state index is 13.3. The zero-order valence-corrected chi connectivity index (χ0v) is 16.1. The zero-order chi connectivity index (χ0) is 19.4. The third-order valence-corrected chi connectivity index (χ3v) is 6.12. The molecule has 1 aliphatic rings. The molecule has 7 nitrogen and oxygen atoms in total. The Morgan fingerprint density at radius 1 is 1.19 bits per heavy atom. The normalized spacial score (nSPS) is 14.3. The first-order valence-corrected chi connectivity index (χ1v) is 9.94. The Labute approximate surface area is 162 Å². The first-order valence-electron chi connectivity index (χ1n) is 8.14. The summed E-state index contributed by atoms with van der Waals surface area (Å²) in [5, 5.41) is 11.5. The quantitative estimate of drug-likeness (QED) is 0.751. The van der Waals surface area contributed by atoms with Crippen LogP contribution in [-0.2, 0) is 4.79 Å². The van der Waals surface area contributed by atoms with Crippen LogP contribution in [0.5, 0.6) is 0 Å². The number of hydrogen-bond acceptors (Lipinski definition) is 7. The topological polar surface area (TPSA) is 78.4 Å². The first kappa shape index (κ1) is 19.5. The minimum Gasteiger partial charge on any atom is -0.358 e. The molecule has 3 rings (SSSR count). The number of nitrogens with one attached hydrogen (secondary N) is 1.